The van der Waals surface area contributed by atoms with E-state index in [1.54, 1.807) is 13.8 Å². The first kappa shape index (κ1) is 11.5. The van der Waals surface area contributed by atoms with E-state index >= 15 is 0 Å². The molecule has 0 saturated carbocycles. The predicted octanol–water partition coefficient (Wildman–Crippen LogP) is 2.28. The molecule has 0 bridgehead atoms. The van der Waals surface area contributed by atoms with Crippen molar-refractivity contribution in [1.82, 2.24) is 0 Å². The van der Waals surface area contributed by atoms with Crippen molar-refractivity contribution in [2.75, 3.05) is 0 Å². The smallest absolute Gasteiger partial charge is 0.304 e. The van der Waals surface area contributed by atoms with E-state index in [1.807, 2.05) is 0 Å². The van der Waals surface area contributed by atoms with E-state index in [1.165, 1.54) is 12.1 Å². The zero-order valence-electron chi connectivity index (χ0n) is 8.62. The van der Waals surface area contributed by atoms with Crippen LogP contribution >= 0.6 is 0 Å². The van der Waals surface area contributed by atoms with Gasteiger partial charge in [0.2, 0.25) is 0 Å². The van der Waals surface area contributed by atoms with Crippen molar-refractivity contribution in [2.45, 2.75) is 25.7 Å². The Kier molecular flexibility index (Phi) is 2.98. The van der Waals surface area contributed by atoms with Crippen LogP contribution in [0.25, 0.3) is 0 Å². The van der Waals surface area contributed by atoms with E-state index in [4.69, 9.17) is 5.11 Å². The summed E-state index contributed by atoms with van der Waals surface area (Å²) < 4.78 is 13.0. The number of carboxylic acids is 1. The van der Waals surface area contributed by atoms with Crippen LogP contribution in [-0.2, 0) is 10.2 Å². The fraction of sp³-hybridized carbons (Fsp3) is 0.364. The van der Waals surface area contributed by atoms with Gasteiger partial charge in [0.15, 0.2) is 11.6 Å². The van der Waals surface area contributed by atoms with Crippen LogP contribution in [0.5, 0.6) is 5.75 Å². The molecule has 4 heteroatoms. The predicted molar refractivity (Wildman–Crippen MR) is 53.3 cm³/mol. The molecule has 82 valence electrons. The summed E-state index contributed by atoms with van der Waals surface area (Å²) in [5, 5.41) is 18.2. The zero-order chi connectivity index (χ0) is 11.6. The topological polar surface area (TPSA) is 57.5 Å². The lowest BCUT2D eigenvalue weighted by Crippen LogP contribution is -2.22. The Morgan fingerprint density at radius 1 is 1.47 bits per heavy atom. The quantitative estimate of drug-likeness (QED) is 0.808. The Labute approximate surface area is 87.2 Å². The maximum Gasteiger partial charge on any atom is 0.304 e. The highest BCUT2D eigenvalue weighted by atomic mass is 19.1. The van der Waals surface area contributed by atoms with Crippen LogP contribution < -0.4 is 0 Å². The number of benzene rings is 1. The number of hydrogen-bond acceptors (Lipinski definition) is 2. The van der Waals surface area contributed by atoms with Gasteiger partial charge in [0.1, 0.15) is 0 Å². The third-order valence-electron chi connectivity index (χ3n) is 2.31. The van der Waals surface area contributed by atoms with E-state index in [9.17, 15) is 14.3 Å². The maximum atomic E-state index is 13.0. The molecule has 0 aliphatic heterocycles. The van der Waals surface area contributed by atoms with E-state index in [-0.39, 0.29) is 6.42 Å². The average Bonchev–Trinajstić information content (AvgIpc) is 2.07. The summed E-state index contributed by atoms with van der Waals surface area (Å²) in [5.74, 6) is -2.18. The van der Waals surface area contributed by atoms with Crippen LogP contribution in [-0.4, -0.2) is 16.2 Å². The van der Waals surface area contributed by atoms with Gasteiger partial charge >= 0.3 is 5.97 Å². The molecular weight excluding hydrogens is 199 g/mol. The van der Waals surface area contributed by atoms with Crippen LogP contribution in [0.2, 0.25) is 0 Å². The van der Waals surface area contributed by atoms with Crippen molar-refractivity contribution >= 4 is 5.97 Å². The molecule has 0 saturated heterocycles. The minimum atomic E-state index is -0.983. The molecule has 15 heavy (non-hydrogen) atoms. The van der Waals surface area contributed by atoms with Crippen LogP contribution in [0, 0.1) is 5.82 Å². The van der Waals surface area contributed by atoms with Crippen LogP contribution in [0.3, 0.4) is 0 Å². The van der Waals surface area contributed by atoms with E-state index < -0.39 is 23.0 Å². The van der Waals surface area contributed by atoms with Gasteiger partial charge in [-0.1, -0.05) is 26.0 Å². The molecule has 0 unspecified atom stereocenters. The minimum absolute atomic E-state index is 0.163. The summed E-state index contributed by atoms with van der Waals surface area (Å²) >= 11 is 0. The van der Waals surface area contributed by atoms with Gasteiger partial charge in [-0.05, 0) is 6.07 Å². The summed E-state index contributed by atoms with van der Waals surface area (Å²) in [7, 11) is 0. The molecule has 0 aromatic heterocycles. The molecule has 0 aliphatic rings. The number of phenolic OH excluding ortho intramolecular Hbond substituents is 1. The molecule has 0 atom stereocenters. The normalized spacial score (nSPS) is 11.4. The molecule has 1 aromatic carbocycles. The monoisotopic (exact) mass is 212 g/mol. The van der Waals surface area contributed by atoms with Crippen molar-refractivity contribution < 1.29 is 19.4 Å². The molecule has 0 heterocycles. The second-order valence-corrected chi connectivity index (χ2v) is 4.09. The highest BCUT2D eigenvalue weighted by molar-refractivity contribution is 5.69. The second kappa shape index (κ2) is 3.88. The number of carboxylic acid groups (broad SMARTS) is 1. The summed E-state index contributed by atoms with van der Waals surface area (Å²) in [4.78, 5) is 10.6. The van der Waals surface area contributed by atoms with Gasteiger partial charge in [-0.3, -0.25) is 4.79 Å². The number of hydrogen-bond donors (Lipinski definition) is 2. The highest BCUT2D eigenvalue weighted by Crippen LogP contribution is 2.34. The van der Waals surface area contributed by atoms with Crippen molar-refractivity contribution in [1.29, 1.82) is 0 Å². The molecule has 3 nitrogen and oxygen atoms in total. The number of aromatic hydroxyl groups is 1. The van der Waals surface area contributed by atoms with Crippen LogP contribution in [0.1, 0.15) is 25.8 Å². The number of halogens is 1. The lowest BCUT2D eigenvalue weighted by molar-refractivity contribution is -0.138. The van der Waals surface area contributed by atoms with E-state index in [2.05, 4.69) is 0 Å². The molecule has 0 radical (unpaired) electrons. The van der Waals surface area contributed by atoms with Crippen LogP contribution in [0.4, 0.5) is 4.39 Å². The van der Waals surface area contributed by atoms with E-state index in [0.717, 1.165) is 6.07 Å². The van der Waals surface area contributed by atoms with Crippen molar-refractivity contribution in [3.63, 3.8) is 0 Å². The molecule has 1 rings (SSSR count). The van der Waals surface area contributed by atoms with Crippen molar-refractivity contribution in [2.24, 2.45) is 0 Å². The zero-order valence-corrected chi connectivity index (χ0v) is 8.62. The van der Waals surface area contributed by atoms with Gasteiger partial charge < -0.3 is 10.2 Å². The first-order valence-corrected chi connectivity index (χ1v) is 4.54. The summed E-state index contributed by atoms with van der Waals surface area (Å²) in [6, 6.07) is 4.12. The molecule has 0 fully saturated rings. The molecule has 1 aromatic rings. The van der Waals surface area contributed by atoms with Crippen molar-refractivity contribution in [3.8, 4) is 5.75 Å². The highest BCUT2D eigenvalue weighted by Gasteiger charge is 2.27. The third-order valence-corrected chi connectivity index (χ3v) is 2.31. The standard InChI is InChI=1S/C11H13FO3/c1-11(2,6-9(13)14)7-4-3-5-8(12)10(7)15/h3-5,15H,6H2,1-2H3,(H,13,14). The molecule has 0 amide bonds. The molecular formula is C11H13FO3. The fourth-order valence-electron chi connectivity index (χ4n) is 1.53. The lowest BCUT2D eigenvalue weighted by Gasteiger charge is -2.24. The Balaban J connectivity index is 3.14. The van der Waals surface area contributed by atoms with Gasteiger partial charge in [0, 0.05) is 11.0 Å². The largest absolute Gasteiger partial charge is 0.505 e. The number of aliphatic carboxylic acids is 1. The first-order valence-electron chi connectivity index (χ1n) is 4.54. The lowest BCUT2D eigenvalue weighted by atomic mass is 9.81. The summed E-state index contributed by atoms with van der Waals surface area (Å²) in [6.07, 6.45) is -0.163. The van der Waals surface area contributed by atoms with Gasteiger partial charge in [-0.15, -0.1) is 0 Å². The minimum Gasteiger partial charge on any atom is -0.505 e. The van der Waals surface area contributed by atoms with Gasteiger partial charge in [0.25, 0.3) is 0 Å². The number of para-hydroxylation sites is 1. The number of carbonyl (C=O) groups is 1. The van der Waals surface area contributed by atoms with Gasteiger partial charge in [-0.25, -0.2) is 4.39 Å². The van der Waals surface area contributed by atoms with Gasteiger partial charge in [-0.2, -0.15) is 0 Å². The Morgan fingerprint density at radius 3 is 2.60 bits per heavy atom. The summed E-state index contributed by atoms with van der Waals surface area (Å²) in [5.41, 5.74) is -0.484. The van der Waals surface area contributed by atoms with Gasteiger partial charge in [0.05, 0.1) is 6.42 Å². The fourth-order valence-corrected chi connectivity index (χ4v) is 1.53. The Hall–Kier alpha value is -1.58. The number of rotatable bonds is 3. The molecule has 2 N–H and O–H groups in total. The van der Waals surface area contributed by atoms with E-state index in [0.29, 0.717) is 5.56 Å². The summed E-state index contributed by atoms with van der Waals surface area (Å²) in [6.45, 7) is 3.30. The Bertz CT molecular complexity index is 385. The van der Waals surface area contributed by atoms with Crippen molar-refractivity contribution in [3.05, 3.63) is 29.6 Å². The SMILES string of the molecule is CC(C)(CC(=O)O)c1cccc(F)c1O. The molecule has 0 aliphatic carbocycles. The average molecular weight is 212 g/mol. The molecule has 0 spiro atoms. The first-order chi connectivity index (χ1) is 6.84. The Morgan fingerprint density at radius 2 is 2.07 bits per heavy atom. The maximum absolute atomic E-state index is 13.0. The number of phenols is 1. The van der Waals surface area contributed by atoms with Crippen LogP contribution in [0.15, 0.2) is 18.2 Å². The third kappa shape index (κ3) is 2.46. The second-order valence-electron chi connectivity index (χ2n) is 4.09.